The molecule has 2 rings (SSSR count). The first kappa shape index (κ1) is 13.0. The molecule has 0 spiro atoms. The van der Waals surface area contributed by atoms with E-state index in [1.54, 1.807) is 6.07 Å². The zero-order valence-corrected chi connectivity index (χ0v) is 9.74. The molecule has 1 fully saturated rings. The van der Waals surface area contributed by atoms with Gasteiger partial charge in [0.2, 0.25) is 0 Å². The summed E-state index contributed by atoms with van der Waals surface area (Å²) >= 11 is 0. The molecule has 1 aromatic carbocycles. The largest absolute Gasteiger partial charge is 0.506 e. The molecule has 1 aliphatic rings. The van der Waals surface area contributed by atoms with Gasteiger partial charge in [-0.15, -0.1) is 0 Å². The minimum Gasteiger partial charge on any atom is -0.506 e. The number of nitrogens with two attached hydrogens (primary N) is 1. The third-order valence-corrected chi connectivity index (χ3v) is 2.92. The minimum atomic E-state index is -4.19. The number of hydrogen-bond donors (Lipinski definition) is 2. The summed E-state index contributed by atoms with van der Waals surface area (Å²) in [4.78, 5) is 1.41. The van der Waals surface area contributed by atoms with Gasteiger partial charge < -0.3 is 10.8 Å². The molecule has 18 heavy (non-hydrogen) atoms. The highest BCUT2D eigenvalue weighted by atomic mass is 19.4. The molecule has 0 amide bonds. The quantitative estimate of drug-likeness (QED) is 0.646. The van der Waals surface area contributed by atoms with Crippen LogP contribution < -0.4 is 5.73 Å². The first-order chi connectivity index (χ1) is 8.35. The Morgan fingerprint density at radius 3 is 2.50 bits per heavy atom. The number of halogens is 3. The van der Waals surface area contributed by atoms with Crippen LogP contribution in [0.5, 0.6) is 5.75 Å². The lowest BCUT2D eigenvalue weighted by molar-refractivity contribution is -0.148. The van der Waals surface area contributed by atoms with Crippen LogP contribution in [-0.2, 0) is 6.54 Å². The molecule has 1 aliphatic carbocycles. The molecule has 0 saturated heterocycles. The molecule has 1 saturated carbocycles. The fourth-order valence-corrected chi connectivity index (χ4v) is 1.92. The third-order valence-electron chi connectivity index (χ3n) is 2.92. The predicted octanol–water partition coefficient (Wildman–Crippen LogP) is 2.50. The number of aromatic hydroxyl groups is 1. The fraction of sp³-hybridized carbons (Fsp3) is 0.500. The van der Waals surface area contributed by atoms with Gasteiger partial charge in [0.1, 0.15) is 5.75 Å². The molecular weight excluding hydrogens is 245 g/mol. The lowest BCUT2D eigenvalue weighted by Crippen LogP contribution is -2.35. The van der Waals surface area contributed by atoms with Gasteiger partial charge >= 0.3 is 6.18 Å². The Kier molecular flexibility index (Phi) is 3.38. The third kappa shape index (κ3) is 3.53. The maximum atomic E-state index is 12.4. The fourth-order valence-electron chi connectivity index (χ4n) is 1.92. The smallest absolute Gasteiger partial charge is 0.401 e. The lowest BCUT2D eigenvalue weighted by Gasteiger charge is -2.23. The van der Waals surface area contributed by atoms with Gasteiger partial charge in [0.05, 0.1) is 12.2 Å². The number of benzene rings is 1. The van der Waals surface area contributed by atoms with Crippen molar-refractivity contribution in [2.75, 3.05) is 12.3 Å². The van der Waals surface area contributed by atoms with Crippen LogP contribution in [0.25, 0.3) is 0 Å². The van der Waals surface area contributed by atoms with Crippen molar-refractivity contribution in [2.45, 2.75) is 31.6 Å². The van der Waals surface area contributed by atoms with Crippen LogP contribution in [0.15, 0.2) is 18.2 Å². The summed E-state index contributed by atoms with van der Waals surface area (Å²) in [5.74, 6) is -0.0486. The second-order valence-corrected chi connectivity index (χ2v) is 4.64. The van der Waals surface area contributed by atoms with E-state index in [-0.39, 0.29) is 24.0 Å². The molecule has 0 atom stereocenters. The van der Waals surface area contributed by atoms with Crippen LogP contribution in [0.2, 0.25) is 0 Å². The van der Waals surface area contributed by atoms with E-state index in [1.165, 1.54) is 17.0 Å². The summed E-state index contributed by atoms with van der Waals surface area (Å²) in [7, 11) is 0. The molecule has 0 radical (unpaired) electrons. The second-order valence-electron chi connectivity index (χ2n) is 4.64. The minimum absolute atomic E-state index is 0.0154. The van der Waals surface area contributed by atoms with Crippen molar-refractivity contribution in [3.8, 4) is 5.75 Å². The molecule has 1 aromatic rings. The van der Waals surface area contributed by atoms with Gasteiger partial charge in [0.15, 0.2) is 0 Å². The zero-order valence-electron chi connectivity index (χ0n) is 9.74. The van der Waals surface area contributed by atoms with Crippen LogP contribution >= 0.6 is 0 Å². The van der Waals surface area contributed by atoms with Crippen molar-refractivity contribution in [1.82, 2.24) is 4.90 Å². The van der Waals surface area contributed by atoms with Gasteiger partial charge in [-0.2, -0.15) is 13.2 Å². The summed E-state index contributed by atoms with van der Waals surface area (Å²) in [6.45, 7) is -0.701. The van der Waals surface area contributed by atoms with Crippen LogP contribution in [0.4, 0.5) is 18.9 Å². The van der Waals surface area contributed by atoms with Crippen molar-refractivity contribution in [3.63, 3.8) is 0 Å². The van der Waals surface area contributed by atoms with Crippen LogP contribution in [-0.4, -0.2) is 28.8 Å². The zero-order chi connectivity index (χ0) is 13.3. The van der Waals surface area contributed by atoms with Gasteiger partial charge in [-0.3, -0.25) is 4.90 Å². The van der Waals surface area contributed by atoms with Crippen LogP contribution in [0.1, 0.15) is 18.4 Å². The maximum Gasteiger partial charge on any atom is 0.401 e. The topological polar surface area (TPSA) is 49.5 Å². The van der Waals surface area contributed by atoms with Gasteiger partial charge in [-0.25, -0.2) is 0 Å². The maximum absolute atomic E-state index is 12.4. The van der Waals surface area contributed by atoms with Gasteiger partial charge in [-0.1, -0.05) is 6.07 Å². The molecular formula is C12H15F3N2O. The van der Waals surface area contributed by atoms with E-state index in [9.17, 15) is 18.3 Å². The Bertz CT molecular complexity index is 430. The Balaban J connectivity index is 2.06. The Labute approximate surface area is 103 Å². The Hall–Kier alpha value is -1.43. The van der Waals surface area contributed by atoms with E-state index in [0.717, 1.165) is 12.8 Å². The summed E-state index contributed by atoms with van der Waals surface area (Å²) in [6, 6.07) is 4.53. The second kappa shape index (κ2) is 4.68. The highest BCUT2D eigenvalue weighted by molar-refractivity contribution is 5.53. The molecule has 0 aliphatic heterocycles. The van der Waals surface area contributed by atoms with E-state index >= 15 is 0 Å². The molecule has 3 N–H and O–H groups in total. The monoisotopic (exact) mass is 260 g/mol. The van der Waals surface area contributed by atoms with Crippen molar-refractivity contribution >= 4 is 5.69 Å². The predicted molar refractivity (Wildman–Crippen MR) is 62.0 cm³/mol. The van der Waals surface area contributed by atoms with Gasteiger partial charge in [0, 0.05) is 12.6 Å². The summed E-state index contributed by atoms with van der Waals surface area (Å²) < 4.78 is 37.3. The number of phenols is 1. The Morgan fingerprint density at radius 1 is 1.33 bits per heavy atom. The van der Waals surface area contributed by atoms with Crippen LogP contribution in [0.3, 0.4) is 0 Å². The number of hydrogen-bond acceptors (Lipinski definition) is 3. The van der Waals surface area contributed by atoms with E-state index in [1.807, 2.05) is 0 Å². The molecule has 3 nitrogen and oxygen atoms in total. The molecule has 100 valence electrons. The van der Waals surface area contributed by atoms with E-state index < -0.39 is 12.7 Å². The molecule has 6 heteroatoms. The normalized spacial score (nSPS) is 16.2. The van der Waals surface area contributed by atoms with Crippen molar-refractivity contribution in [2.24, 2.45) is 0 Å². The van der Waals surface area contributed by atoms with E-state index in [4.69, 9.17) is 5.73 Å². The number of phenolic OH excluding ortho intramolecular Hbond substituents is 1. The average Bonchev–Trinajstić information content (AvgIpc) is 3.04. The van der Waals surface area contributed by atoms with Crippen molar-refractivity contribution in [3.05, 3.63) is 23.8 Å². The first-order valence-corrected chi connectivity index (χ1v) is 5.73. The van der Waals surface area contributed by atoms with Gasteiger partial charge in [-0.05, 0) is 30.5 Å². The molecule has 0 unspecified atom stereocenters. The standard InChI is InChI=1S/C12H15F3N2O/c13-12(14,15)7-17(9-2-3-9)6-8-1-4-11(18)10(16)5-8/h1,4-5,9,18H,2-3,6-7,16H2. The first-order valence-electron chi connectivity index (χ1n) is 5.73. The number of rotatable bonds is 4. The van der Waals surface area contributed by atoms with Crippen molar-refractivity contribution < 1.29 is 18.3 Å². The molecule has 0 aromatic heterocycles. The highest BCUT2D eigenvalue weighted by Crippen LogP contribution is 2.32. The van der Waals surface area contributed by atoms with Crippen LogP contribution in [0, 0.1) is 0 Å². The number of alkyl halides is 3. The van der Waals surface area contributed by atoms with Crippen molar-refractivity contribution in [1.29, 1.82) is 0 Å². The number of nitrogens with zero attached hydrogens (tertiary/aromatic N) is 1. The van der Waals surface area contributed by atoms with Gasteiger partial charge in [0.25, 0.3) is 0 Å². The average molecular weight is 260 g/mol. The molecule has 0 bridgehead atoms. The lowest BCUT2D eigenvalue weighted by atomic mass is 10.1. The number of anilines is 1. The van der Waals surface area contributed by atoms with E-state index in [2.05, 4.69) is 0 Å². The highest BCUT2D eigenvalue weighted by Gasteiger charge is 2.37. The summed E-state index contributed by atoms with van der Waals surface area (Å²) in [5, 5.41) is 9.27. The summed E-state index contributed by atoms with van der Waals surface area (Å²) in [6.07, 6.45) is -2.57. The SMILES string of the molecule is Nc1cc(CN(CC(F)(F)F)C2CC2)ccc1O. The molecule has 0 heterocycles. The van der Waals surface area contributed by atoms with E-state index in [0.29, 0.717) is 5.56 Å². The Morgan fingerprint density at radius 2 is 2.00 bits per heavy atom. The summed E-state index contributed by atoms with van der Waals surface area (Å²) in [5.41, 5.74) is 6.40. The number of nitrogen functional groups attached to an aromatic ring is 1.